The average Bonchev–Trinajstić information content (AvgIpc) is 2.68. The number of carbonyl (C=O) groups is 1. The number of aliphatic hydroxyl groups is 1. The molecule has 1 N–H and O–H groups in total. The van der Waals surface area contributed by atoms with Gasteiger partial charge in [-0.25, -0.2) is 9.78 Å². The fourth-order valence-corrected chi connectivity index (χ4v) is 4.76. The largest absolute Gasteiger partial charge is 0.427 e. The molecule has 2 aromatic rings. The van der Waals surface area contributed by atoms with Crippen molar-refractivity contribution in [2.75, 3.05) is 31.1 Å². The molecule has 8 heteroatoms. The molecule has 29 heavy (non-hydrogen) atoms. The van der Waals surface area contributed by atoms with Crippen molar-refractivity contribution < 1.29 is 14.3 Å². The van der Waals surface area contributed by atoms with Gasteiger partial charge in [0.2, 0.25) is 0 Å². The molecule has 0 aromatic carbocycles. The number of aromatic nitrogens is 2. The van der Waals surface area contributed by atoms with E-state index in [9.17, 15) is 14.7 Å². The summed E-state index contributed by atoms with van der Waals surface area (Å²) in [5.41, 5.74) is 0.630. The molecule has 4 heterocycles. The first-order valence-electron chi connectivity index (χ1n) is 9.97. The number of rotatable bonds is 2. The van der Waals surface area contributed by atoms with Crippen molar-refractivity contribution in [3.63, 3.8) is 0 Å². The average molecular weight is 398 g/mol. The third-order valence-corrected chi connectivity index (χ3v) is 6.16. The third-order valence-electron chi connectivity index (χ3n) is 6.16. The van der Waals surface area contributed by atoms with Gasteiger partial charge in [-0.1, -0.05) is 0 Å². The van der Waals surface area contributed by atoms with Crippen LogP contribution in [-0.4, -0.2) is 58.2 Å². The Balaban J connectivity index is 1.48. The number of aliphatic hydroxyl groups excluding tert-OH is 1. The van der Waals surface area contributed by atoms with Gasteiger partial charge in [-0.3, -0.25) is 9.78 Å². The second-order valence-electron chi connectivity index (χ2n) is 8.27. The second-order valence-corrected chi connectivity index (χ2v) is 8.27. The fourth-order valence-electron chi connectivity index (χ4n) is 4.76. The highest BCUT2D eigenvalue weighted by molar-refractivity contribution is 5.96. The Kier molecular flexibility index (Phi) is 5.12. The van der Waals surface area contributed by atoms with Crippen molar-refractivity contribution in [3.05, 3.63) is 52.0 Å². The summed E-state index contributed by atoms with van der Waals surface area (Å²) >= 11 is 0. The first kappa shape index (κ1) is 19.6. The Labute approximate surface area is 169 Å². The molecule has 2 aromatic heterocycles. The van der Waals surface area contributed by atoms with E-state index in [0.29, 0.717) is 36.5 Å². The molecule has 2 aliphatic rings. The zero-order chi connectivity index (χ0) is 20.6. The number of hydrogen-bond donors (Lipinski definition) is 1. The number of aryl methyl sites for hydroxylation is 2. The van der Waals surface area contributed by atoms with E-state index in [-0.39, 0.29) is 11.3 Å². The molecule has 0 radical (unpaired) electrons. The van der Waals surface area contributed by atoms with Gasteiger partial charge in [0.25, 0.3) is 5.91 Å². The number of anilines is 1. The normalized spacial score (nSPS) is 21.4. The second kappa shape index (κ2) is 7.59. The Hall–Kier alpha value is -2.74. The summed E-state index contributed by atoms with van der Waals surface area (Å²) in [4.78, 5) is 37.0. The molecular weight excluding hydrogens is 372 g/mol. The highest BCUT2D eigenvalue weighted by Gasteiger charge is 2.43. The van der Waals surface area contributed by atoms with Crippen molar-refractivity contribution in [2.24, 2.45) is 5.41 Å². The summed E-state index contributed by atoms with van der Waals surface area (Å²) in [6, 6.07) is 1.36. The minimum atomic E-state index is -0.436. The summed E-state index contributed by atoms with van der Waals surface area (Å²) < 4.78 is 5.13. The van der Waals surface area contributed by atoms with Crippen LogP contribution in [0.25, 0.3) is 0 Å². The smallest absolute Gasteiger partial charge is 0.336 e. The van der Waals surface area contributed by atoms with E-state index in [1.54, 1.807) is 32.4 Å². The molecule has 1 unspecified atom stereocenters. The summed E-state index contributed by atoms with van der Waals surface area (Å²) in [6.07, 6.45) is 6.93. The van der Waals surface area contributed by atoms with Gasteiger partial charge in [-0.15, -0.1) is 0 Å². The van der Waals surface area contributed by atoms with Crippen LogP contribution in [0.15, 0.2) is 33.9 Å². The van der Waals surface area contributed by atoms with E-state index in [0.717, 1.165) is 31.6 Å². The predicted molar refractivity (Wildman–Crippen MR) is 107 cm³/mol. The molecule has 1 atom stereocenters. The van der Waals surface area contributed by atoms with E-state index in [1.165, 1.54) is 6.07 Å². The molecule has 1 spiro atoms. The lowest BCUT2D eigenvalue weighted by molar-refractivity contribution is 0.0245. The summed E-state index contributed by atoms with van der Waals surface area (Å²) in [7, 11) is 0. The quantitative estimate of drug-likeness (QED) is 0.819. The van der Waals surface area contributed by atoms with Gasteiger partial charge in [0.05, 0.1) is 17.9 Å². The molecule has 2 saturated heterocycles. The van der Waals surface area contributed by atoms with E-state index in [2.05, 4.69) is 14.9 Å². The van der Waals surface area contributed by atoms with Crippen LogP contribution in [0, 0.1) is 19.3 Å². The Morgan fingerprint density at radius 3 is 2.69 bits per heavy atom. The molecule has 2 fully saturated rings. The lowest BCUT2D eigenvalue weighted by Crippen LogP contribution is -2.55. The number of piperidine rings is 2. The SMILES string of the molecule is Cc1cc(=O)oc(C)c1C(=O)N1CCC2(CC1)CC(O)CN(c1cnccn1)C2. The molecule has 2 aliphatic heterocycles. The standard InChI is InChI=1S/C21H26N4O4/c1-14-9-18(27)29-15(2)19(14)20(28)24-7-3-21(4-8-24)10-16(26)12-25(13-21)17-11-22-5-6-23-17/h5-6,9,11,16,26H,3-4,7-8,10,12-13H2,1-2H3. The zero-order valence-corrected chi connectivity index (χ0v) is 16.8. The summed E-state index contributed by atoms with van der Waals surface area (Å²) in [6.45, 7) is 5.98. The fraction of sp³-hybridized carbons (Fsp3) is 0.524. The predicted octanol–water partition coefficient (Wildman–Crippen LogP) is 1.54. The Morgan fingerprint density at radius 2 is 2.03 bits per heavy atom. The van der Waals surface area contributed by atoms with Crippen LogP contribution < -0.4 is 10.5 Å². The zero-order valence-electron chi connectivity index (χ0n) is 16.8. The summed E-state index contributed by atoms with van der Waals surface area (Å²) in [5.74, 6) is 1.04. The van der Waals surface area contributed by atoms with Crippen LogP contribution in [0.3, 0.4) is 0 Å². The maximum Gasteiger partial charge on any atom is 0.336 e. The van der Waals surface area contributed by atoms with Crippen LogP contribution in [0.5, 0.6) is 0 Å². The maximum atomic E-state index is 13.1. The van der Waals surface area contributed by atoms with E-state index < -0.39 is 11.7 Å². The molecule has 154 valence electrons. The van der Waals surface area contributed by atoms with Gasteiger partial charge in [-0.05, 0) is 44.1 Å². The molecule has 0 saturated carbocycles. The van der Waals surface area contributed by atoms with Crippen molar-refractivity contribution in [2.45, 2.75) is 39.2 Å². The van der Waals surface area contributed by atoms with Gasteiger partial charge >= 0.3 is 5.63 Å². The molecule has 8 nitrogen and oxygen atoms in total. The molecule has 1 amide bonds. The van der Waals surface area contributed by atoms with Crippen LogP contribution in [0.4, 0.5) is 5.82 Å². The van der Waals surface area contributed by atoms with Crippen LogP contribution in [-0.2, 0) is 0 Å². The highest BCUT2D eigenvalue weighted by Crippen LogP contribution is 2.41. The number of β-amino-alcohol motifs (C(OH)–C–C–N with tert-alkyl or cyclic N) is 1. The van der Waals surface area contributed by atoms with Crippen molar-refractivity contribution in [1.82, 2.24) is 14.9 Å². The topological polar surface area (TPSA) is 99.8 Å². The molecule has 4 rings (SSSR count). The van der Waals surface area contributed by atoms with Gasteiger partial charge in [0.1, 0.15) is 11.6 Å². The number of carbonyl (C=O) groups excluding carboxylic acids is 1. The Morgan fingerprint density at radius 1 is 1.28 bits per heavy atom. The van der Waals surface area contributed by atoms with E-state index >= 15 is 0 Å². The monoisotopic (exact) mass is 398 g/mol. The van der Waals surface area contributed by atoms with Crippen LogP contribution in [0.2, 0.25) is 0 Å². The number of amides is 1. The van der Waals surface area contributed by atoms with Crippen molar-refractivity contribution >= 4 is 11.7 Å². The summed E-state index contributed by atoms with van der Waals surface area (Å²) in [5, 5.41) is 10.5. The van der Waals surface area contributed by atoms with Crippen LogP contribution >= 0.6 is 0 Å². The lowest BCUT2D eigenvalue weighted by atomic mass is 9.71. The van der Waals surface area contributed by atoms with E-state index in [1.807, 2.05) is 4.90 Å². The molecule has 0 aliphatic carbocycles. The minimum Gasteiger partial charge on any atom is -0.427 e. The first-order chi connectivity index (χ1) is 13.9. The molecular formula is C21H26N4O4. The number of likely N-dealkylation sites (tertiary alicyclic amines) is 1. The number of nitrogens with zero attached hydrogens (tertiary/aromatic N) is 4. The third kappa shape index (κ3) is 3.89. The highest BCUT2D eigenvalue weighted by atomic mass is 16.4. The van der Waals surface area contributed by atoms with Gasteiger partial charge < -0.3 is 19.3 Å². The lowest BCUT2D eigenvalue weighted by Gasteiger charge is -2.49. The Bertz CT molecular complexity index is 925. The first-order valence-corrected chi connectivity index (χ1v) is 9.97. The minimum absolute atomic E-state index is 0.0562. The number of hydrogen-bond acceptors (Lipinski definition) is 7. The van der Waals surface area contributed by atoms with Crippen molar-refractivity contribution in [3.8, 4) is 0 Å². The maximum absolute atomic E-state index is 13.1. The van der Waals surface area contributed by atoms with Crippen molar-refractivity contribution in [1.29, 1.82) is 0 Å². The van der Waals surface area contributed by atoms with Gasteiger partial charge in [-0.2, -0.15) is 0 Å². The van der Waals surface area contributed by atoms with Crippen LogP contribution in [0.1, 0.15) is 40.9 Å². The van der Waals surface area contributed by atoms with Gasteiger partial charge in [0.15, 0.2) is 0 Å². The van der Waals surface area contributed by atoms with E-state index in [4.69, 9.17) is 4.42 Å². The molecule has 0 bridgehead atoms. The van der Waals surface area contributed by atoms with Gasteiger partial charge in [0, 0.05) is 44.6 Å².